The number of ether oxygens (including phenoxy) is 1. The fourth-order valence-corrected chi connectivity index (χ4v) is 3.47. The van der Waals surface area contributed by atoms with E-state index in [1.165, 1.54) is 5.56 Å². The molecule has 1 saturated heterocycles. The van der Waals surface area contributed by atoms with Crippen LogP contribution >= 0.6 is 0 Å². The smallest absolute Gasteiger partial charge is 0.255 e. The zero-order valence-corrected chi connectivity index (χ0v) is 17.6. The molecule has 2 aromatic carbocycles. The van der Waals surface area contributed by atoms with Crippen molar-refractivity contribution in [2.45, 2.75) is 58.5 Å². The lowest BCUT2D eigenvalue weighted by Gasteiger charge is -2.17. The van der Waals surface area contributed by atoms with Gasteiger partial charge in [-0.05, 0) is 60.1 Å². The molecule has 1 unspecified atom stereocenters. The molecule has 0 spiro atoms. The van der Waals surface area contributed by atoms with Crippen molar-refractivity contribution in [2.24, 2.45) is 0 Å². The van der Waals surface area contributed by atoms with E-state index in [1.54, 1.807) is 24.3 Å². The minimum absolute atomic E-state index is 0.161. The second-order valence-electron chi connectivity index (χ2n) is 8.18. The van der Waals surface area contributed by atoms with Gasteiger partial charge in [0.2, 0.25) is 0 Å². The van der Waals surface area contributed by atoms with E-state index in [2.05, 4.69) is 50.5 Å². The van der Waals surface area contributed by atoms with Crippen LogP contribution in [-0.2, 0) is 9.53 Å². The van der Waals surface area contributed by atoms with Crippen LogP contribution in [0.15, 0.2) is 42.5 Å². The summed E-state index contributed by atoms with van der Waals surface area (Å²) in [6.07, 6.45) is 1.23. The molecule has 1 heterocycles. The summed E-state index contributed by atoms with van der Waals surface area (Å²) in [6.45, 7) is 9.18. The van der Waals surface area contributed by atoms with Gasteiger partial charge in [-0.25, -0.2) is 0 Å². The lowest BCUT2D eigenvalue weighted by Crippen LogP contribution is -2.27. The van der Waals surface area contributed by atoms with Gasteiger partial charge in [0.05, 0.1) is 0 Å². The highest BCUT2D eigenvalue weighted by atomic mass is 16.5. The maximum absolute atomic E-state index is 12.9. The van der Waals surface area contributed by atoms with Crippen LogP contribution in [0.25, 0.3) is 0 Å². The average molecular weight is 395 g/mol. The SMILES string of the molecule is CC(C)c1ccc(NC(=O)c2cccc(NC(=O)C3CCCO3)c2)c(C(C)C)c1. The van der Waals surface area contributed by atoms with Crippen LogP contribution in [0.1, 0.15) is 73.9 Å². The molecular formula is C24H30N2O3. The molecule has 1 aliphatic heterocycles. The summed E-state index contributed by atoms with van der Waals surface area (Å²) < 4.78 is 5.41. The first-order valence-electron chi connectivity index (χ1n) is 10.3. The van der Waals surface area contributed by atoms with E-state index < -0.39 is 6.10 Å². The number of nitrogens with one attached hydrogen (secondary N) is 2. The second kappa shape index (κ2) is 9.23. The molecule has 5 heteroatoms. The normalized spacial score (nSPS) is 16.3. The van der Waals surface area contributed by atoms with Crippen LogP contribution in [0.5, 0.6) is 0 Å². The van der Waals surface area contributed by atoms with Crippen LogP contribution in [-0.4, -0.2) is 24.5 Å². The third kappa shape index (κ3) is 5.24. The Labute approximate surface area is 172 Å². The third-order valence-corrected chi connectivity index (χ3v) is 5.23. The molecule has 1 aliphatic rings. The van der Waals surface area contributed by atoms with E-state index in [-0.39, 0.29) is 11.8 Å². The van der Waals surface area contributed by atoms with Crippen molar-refractivity contribution < 1.29 is 14.3 Å². The molecule has 2 N–H and O–H groups in total. The molecule has 2 amide bonds. The summed E-state index contributed by atoms with van der Waals surface area (Å²) in [7, 11) is 0. The zero-order valence-electron chi connectivity index (χ0n) is 17.6. The molecule has 0 saturated carbocycles. The Morgan fingerprint density at radius 3 is 2.45 bits per heavy atom. The monoisotopic (exact) mass is 394 g/mol. The molecule has 0 aromatic heterocycles. The summed E-state index contributed by atoms with van der Waals surface area (Å²) in [4.78, 5) is 25.1. The Balaban J connectivity index is 1.75. The molecule has 5 nitrogen and oxygen atoms in total. The number of carbonyl (C=O) groups excluding carboxylic acids is 2. The maximum Gasteiger partial charge on any atom is 0.255 e. The summed E-state index contributed by atoms with van der Waals surface area (Å²) in [5, 5.41) is 5.88. The van der Waals surface area contributed by atoms with Crippen LogP contribution in [0.3, 0.4) is 0 Å². The minimum Gasteiger partial charge on any atom is -0.368 e. The molecule has 154 valence electrons. The predicted molar refractivity (Wildman–Crippen MR) is 117 cm³/mol. The van der Waals surface area contributed by atoms with Crippen molar-refractivity contribution in [3.05, 3.63) is 59.2 Å². The van der Waals surface area contributed by atoms with Gasteiger partial charge in [-0.1, -0.05) is 45.9 Å². The largest absolute Gasteiger partial charge is 0.368 e. The topological polar surface area (TPSA) is 67.4 Å². The lowest BCUT2D eigenvalue weighted by molar-refractivity contribution is -0.124. The van der Waals surface area contributed by atoms with E-state index in [0.29, 0.717) is 29.7 Å². The van der Waals surface area contributed by atoms with Gasteiger partial charge < -0.3 is 15.4 Å². The standard InChI is InChI=1S/C24H30N2O3/c1-15(2)17-10-11-21(20(14-17)16(3)4)26-23(27)18-7-5-8-19(13-18)25-24(28)22-9-6-12-29-22/h5,7-8,10-11,13-16,22H,6,9,12H2,1-4H3,(H,25,28)(H,26,27). The molecule has 29 heavy (non-hydrogen) atoms. The first-order valence-corrected chi connectivity index (χ1v) is 10.3. The van der Waals surface area contributed by atoms with Gasteiger partial charge in [-0.2, -0.15) is 0 Å². The van der Waals surface area contributed by atoms with Crippen LogP contribution in [0, 0.1) is 0 Å². The highest BCUT2D eigenvalue weighted by molar-refractivity contribution is 6.06. The van der Waals surface area contributed by atoms with Crippen LogP contribution in [0.4, 0.5) is 11.4 Å². The molecule has 0 radical (unpaired) electrons. The number of anilines is 2. The molecule has 1 fully saturated rings. The van der Waals surface area contributed by atoms with Crippen molar-refractivity contribution in [1.29, 1.82) is 0 Å². The maximum atomic E-state index is 12.9. The number of carbonyl (C=O) groups is 2. The van der Waals surface area contributed by atoms with E-state index in [1.807, 2.05) is 6.07 Å². The first kappa shape index (κ1) is 21.1. The van der Waals surface area contributed by atoms with Crippen molar-refractivity contribution in [1.82, 2.24) is 0 Å². The van der Waals surface area contributed by atoms with E-state index in [0.717, 1.165) is 24.1 Å². The Hall–Kier alpha value is -2.66. The number of rotatable bonds is 6. The molecule has 3 rings (SSSR count). The third-order valence-electron chi connectivity index (χ3n) is 5.23. The van der Waals surface area contributed by atoms with Gasteiger partial charge in [0.25, 0.3) is 11.8 Å². The van der Waals surface area contributed by atoms with Gasteiger partial charge in [-0.3, -0.25) is 9.59 Å². The highest BCUT2D eigenvalue weighted by Crippen LogP contribution is 2.29. The van der Waals surface area contributed by atoms with Gasteiger partial charge >= 0.3 is 0 Å². The van der Waals surface area contributed by atoms with Gasteiger partial charge in [0.15, 0.2) is 0 Å². The Morgan fingerprint density at radius 2 is 1.79 bits per heavy atom. The quantitative estimate of drug-likeness (QED) is 0.698. The van der Waals surface area contributed by atoms with Gasteiger partial charge in [0.1, 0.15) is 6.10 Å². The highest BCUT2D eigenvalue weighted by Gasteiger charge is 2.23. The lowest BCUT2D eigenvalue weighted by atomic mass is 9.94. The predicted octanol–water partition coefficient (Wildman–Crippen LogP) is 5.30. The molecule has 0 bridgehead atoms. The minimum atomic E-state index is -0.402. The molecule has 2 aromatic rings. The number of amides is 2. The zero-order chi connectivity index (χ0) is 21.0. The summed E-state index contributed by atoms with van der Waals surface area (Å²) in [5.41, 5.74) is 4.29. The fourth-order valence-electron chi connectivity index (χ4n) is 3.47. The number of hydrogen-bond acceptors (Lipinski definition) is 3. The molecule has 0 aliphatic carbocycles. The van der Waals surface area contributed by atoms with Crippen molar-refractivity contribution in [2.75, 3.05) is 17.2 Å². The number of hydrogen-bond donors (Lipinski definition) is 2. The van der Waals surface area contributed by atoms with Crippen LogP contribution < -0.4 is 10.6 Å². The summed E-state index contributed by atoms with van der Waals surface area (Å²) in [6, 6.07) is 13.2. The average Bonchev–Trinajstić information content (AvgIpc) is 3.23. The van der Waals surface area contributed by atoms with E-state index in [9.17, 15) is 9.59 Å². The first-order chi connectivity index (χ1) is 13.8. The molecule has 1 atom stereocenters. The van der Waals surface area contributed by atoms with Crippen LogP contribution in [0.2, 0.25) is 0 Å². The van der Waals surface area contributed by atoms with Crippen molar-refractivity contribution >= 4 is 23.2 Å². The summed E-state index contributed by atoms with van der Waals surface area (Å²) >= 11 is 0. The van der Waals surface area contributed by atoms with E-state index in [4.69, 9.17) is 4.74 Å². The fraction of sp³-hybridized carbons (Fsp3) is 0.417. The number of benzene rings is 2. The summed E-state index contributed by atoms with van der Waals surface area (Å²) in [5.74, 6) is 0.367. The Morgan fingerprint density at radius 1 is 1.00 bits per heavy atom. The molecular weight excluding hydrogens is 364 g/mol. The van der Waals surface area contributed by atoms with Crippen molar-refractivity contribution in [3.8, 4) is 0 Å². The van der Waals surface area contributed by atoms with Gasteiger partial charge in [0, 0.05) is 23.5 Å². The Kier molecular flexibility index (Phi) is 6.70. The second-order valence-corrected chi connectivity index (χ2v) is 8.18. The van der Waals surface area contributed by atoms with Crippen molar-refractivity contribution in [3.63, 3.8) is 0 Å². The van der Waals surface area contributed by atoms with E-state index >= 15 is 0 Å². The van der Waals surface area contributed by atoms with Gasteiger partial charge in [-0.15, -0.1) is 0 Å². The Bertz CT molecular complexity index is 883.